The third-order valence-corrected chi connectivity index (χ3v) is 12.6. The van der Waals surface area contributed by atoms with E-state index in [1.165, 1.54) is 54.8 Å². The van der Waals surface area contributed by atoms with Crippen molar-refractivity contribution < 1.29 is 4.42 Å². The van der Waals surface area contributed by atoms with Gasteiger partial charge in [0.1, 0.15) is 11.2 Å². The van der Waals surface area contributed by atoms with E-state index in [1.54, 1.807) is 0 Å². The summed E-state index contributed by atoms with van der Waals surface area (Å²) < 4.78 is 8.82. The second-order valence-corrected chi connectivity index (χ2v) is 16.1. The number of hydrogen-bond donors (Lipinski definition) is 0. The zero-order valence-corrected chi connectivity index (χ0v) is 32.3. The lowest BCUT2D eigenvalue weighted by molar-refractivity contribution is 0.660. The van der Waals surface area contributed by atoms with Crippen molar-refractivity contribution in [2.24, 2.45) is 0 Å². The standard InChI is InChI=1S/C55H38N2O/c1-55(2)48-19-9-5-16-42(48)43-29-28-40(34-49(43)55)56(38-24-26-39(27-25-38)57-51-21-11-7-17-44(51)45-18-8-12-22-52(45)57)50-20-10-6-15-41(50)37-23-30-53-46(32-37)47-31-35-13-3-4-14-36(35)33-54(47)58-53/h3-34H,1-2H3. The van der Waals surface area contributed by atoms with Gasteiger partial charge in [-0.25, -0.2) is 0 Å². The van der Waals surface area contributed by atoms with Gasteiger partial charge in [-0.3, -0.25) is 0 Å². The van der Waals surface area contributed by atoms with E-state index in [0.29, 0.717) is 0 Å². The van der Waals surface area contributed by atoms with Gasteiger partial charge in [-0.15, -0.1) is 0 Å². The highest BCUT2D eigenvalue weighted by Crippen LogP contribution is 2.51. The molecular weight excluding hydrogens is 705 g/mol. The maximum absolute atomic E-state index is 6.44. The largest absolute Gasteiger partial charge is 0.456 e. The van der Waals surface area contributed by atoms with Crippen LogP contribution in [0.15, 0.2) is 199 Å². The number of aromatic nitrogens is 1. The second-order valence-electron chi connectivity index (χ2n) is 16.1. The van der Waals surface area contributed by atoms with Crippen molar-refractivity contribution in [3.05, 3.63) is 205 Å². The molecule has 9 aromatic carbocycles. The average Bonchev–Trinajstić information content (AvgIpc) is 3.88. The maximum Gasteiger partial charge on any atom is 0.136 e. The Bertz CT molecular complexity index is 3380. The lowest BCUT2D eigenvalue weighted by Crippen LogP contribution is -2.17. The molecule has 3 nitrogen and oxygen atoms in total. The summed E-state index contributed by atoms with van der Waals surface area (Å²) in [6, 6.07) is 70.8. The van der Waals surface area contributed by atoms with Gasteiger partial charge < -0.3 is 13.9 Å². The van der Waals surface area contributed by atoms with E-state index in [4.69, 9.17) is 4.42 Å². The van der Waals surface area contributed by atoms with Gasteiger partial charge in [0.2, 0.25) is 0 Å². The minimum atomic E-state index is -0.134. The molecule has 3 heteroatoms. The Labute approximate surface area is 336 Å². The van der Waals surface area contributed by atoms with Crippen molar-refractivity contribution in [3.63, 3.8) is 0 Å². The van der Waals surface area contributed by atoms with Gasteiger partial charge in [-0.1, -0.05) is 129 Å². The molecule has 11 aromatic rings. The fourth-order valence-electron chi connectivity index (χ4n) is 9.75. The van der Waals surface area contributed by atoms with Crippen LogP contribution in [0.3, 0.4) is 0 Å². The Kier molecular flexibility index (Phi) is 6.98. The molecule has 0 N–H and O–H groups in total. The number of hydrogen-bond acceptors (Lipinski definition) is 2. The summed E-state index contributed by atoms with van der Waals surface area (Å²) in [4.78, 5) is 2.44. The van der Waals surface area contributed by atoms with Crippen LogP contribution in [0.4, 0.5) is 17.1 Å². The van der Waals surface area contributed by atoms with Crippen molar-refractivity contribution >= 4 is 71.6 Å². The van der Waals surface area contributed by atoms with E-state index >= 15 is 0 Å². The number of furan rings is 1. The molecule has 1 aliphatic rings. The van der Waals surface area contributed by atoms with Gasteiger partial charge in [0.25, 0.3) is 0 Å². The first kappa shape index (κ1) is 32.8. The molecule has 0 aliphatic heterocycles. The third kappa shape index (κ3) is 4.80. The molecule has 0 radical (unpaired) electrons. The number of anilines is 3. The van der Waals surface area contributed by atoms with Crippen LogP contribution in [0.5, 0.6) is 0 Å². The Morgan fingerprint density at radius 3 is 1.81 bits per heavy atom. The molecule has 0 atom stereocenters. The minimum Gasteiger partial charge on any atom is -0.456 e. The first-order valence-corrected chi connectivity index (χ1v) is 20.1. The smallest absolute Gasteiger partial charge is 0.136 e. The van der Waals surface area contributed by atoms with Gasteiger partial charge in [-0.2, -0.15) is 0 Å². The molecule has 0 amide bonds. The first-order chi connectivity index (χ1) is 28.5. The minimum absolute atomic E-state index is 0.134. The molecule has 0 fully saturated rings. The summed E-state index contributed by atoms with van der Waals surface area (Å²) in [6.45, 7) is 4.71. The number of fused-ring (bicyclic) bond motifs is 10. The van der Waals surface area contributed by atoms with Gasteiger partial charge >= 0.3 is 0 Å². The summed E-state index contributed by atoms with van der Waals surface area (Å²) in [5.41, 5.74) is 16.2. The van der Waals surface area contributed by atoms with Crippen LogP contribution < -0.4 is 4.90 Å². The highest BCUT2D eigenvalue weighted by atomic mass is 16.3. The van der Waals surface area contributed by atoms with Crippen LogP contribution in [0.25, 0.3) is 82.5 Å². The van der Waals surface area contributed by atoms with Crippen LogP contribution in [0.2, 0.25) is 0 Å². The number of para-hydroxylation sites is 3. The molecule has 0 spiro atoms. The van der Waals surface area contributed by atoms with Crippen molar-refractivity contribution in [1.82, 2.24) is 4.57 Å². The monoisotopic (exact) mass is 742 g/mol. The van der Waals surface area contributed by atoms with Crippen LogP contribution in [-0.2, 0) is 5.41 Å². The molecule has 0 saturated heterocycles. The van der Waals surface area contributed by atoms with E-state index in [-0.39, 0.29) is 5.41 Å². The molecule has 1 aliphatic carbocycles. The van der Waals surface area contributed by atoms with Crippen molar-refractivity contribution in [1.29, 1.82) is 0 Å². The Hall–Kier alpha value is -7.36. The average molecular weight is 743 g/mol. The molecule has 12 rings (SSSR count). The molecule has 2 aromatic heterocycles. The number of benzene rings is 9. The fourth-order valence-corrected chi connectivity index (χ4v) is 9.75. The van der Waals surface area contributed by atoms with Crippen molar-refractivity contribution in [3.8, 4) is 27.9 Å². The predicted octanol–water partition coefficient (Wildman–Crippen LogP) is 15.3. The first-order valence-electron chi connectivity index (χ1n) is 20.1. The molecular formula is C55H38N2O. The van der Waals surface area contributed by atoms with Crippen LogP contribution in [0.1, 0.15) is 25.0 Å². The summed E-state index contributed by atoms with van der Waals surface area (Å²) in [5.74, 6) is 0. The van der Waals surface area contributed by atoms with E-state index in [1.807, 2.05) is 0 Å². The fraction of sp³-hybridized carbons (Fsp3) is 0.0545. The number of nitrogens with zero attached hydrogens (tertiary/aromatic N) is 2. The maximum atomic E-state index is 6.44. The highest BCUT2D eigenvalue weighted by Gasteiger charge is 2.36. The van der Waals surface area contributed by atoms with Crippen molar-refractivity contribution in [2.75, 3.05) is 4.90 Å². The highest BCUT2D eigenvalue weighted by molar-refractivity contribution is 6.12. The predicted molar refractivity (Wildman–Crippen MR) is 243 cm³/mol. The Morgan fingerprint density at radius 2 is 1.03 bits per heavy atom. The summed E-state index contributed by atoms with van der Waals surface area (Å²) in [6.07, 6.45) is 0. The second kappa shape index (κ2) is 12.3. The van der Waals surface area contributed by atoms with Gasteiger partial charge in [-0.05, 0) is 117 Å². The van der Waals surface area contributed by atoms with Gasteiger partial charge in [0, 0.05) is 49.6 Å². The molecule has 0 unspecified atom stereocenters. The van der Waals surface area contributed by atoms with Gasteiger partial charge in [0.05, 0.1) is 16.7 Å². The quantitative estimate of drug-likeness (QED) is 0.175. The normalized spacial score (nSPS) is 13.1. The van der Waals surface area contributed by atoms with E-state index in [0.717, 1.165) is 55.8 Å². The summed E-state index contributed by atoms with van der Waals surface area (Å²) >= 11 is 0. The van der Waals surface area contributed by atoms with E-state index < -0.39 is 0 Å². The van der Waals surface area contributed by atoms with E-state index in [2.05, 4.69) is 217 Å². The molecule has 274 valence electrons. The molecule has 0 bridgehead atoms. The SMILES string of the molecule is CC1(C)c2ccccc2-c2ccc(N(c3ccc(-n4c5ccccc5c5ccccc54)cc3)c3ccccc3-c3ccc4oc5cc6ccccc6cc5c4c3)cc21. The summed E-state index contributed by atoms with van der Waals surface area (Å²) in [5, 5.41) is 7.16. The zero-order chi connectivity index (χ0) is 38.5. The molecule has 58 heavy (non-hydrogen) atoms. The zero-order valence-electron chi connectivity index (χ0n) is 32.3. The lowest BCUT2D eigenvalue weighted by Gasteiger charge is -2.30. The van der Waals surface area contributed by atoms with E-state index in [9.17, 15) is 0 Å². The molecule has 2 heterocycles. The number of rotatable bonds is 5. The molecule has 0 saturated carbocycles. The van der Waals surface area contributed by atoms with Crippen molar-refractivity contribution in [2.45, 2.75) is 19.3 Å². The Balaban J connectivity index is 1.05. The summed E-state index contributed by atoms with van der Waals surface area (Å²) in [7, 11) is 0. The third-order valence-electron chi connectivity index (χ3n) is 12.6. The van der Waals surface area contributed by atoms with Crippen LogP contribution in [-0.4, -0.2) is 4.57 Å². The van der Waals surface area contributed by atoms with Gasteiger partial charge in [0.15, 0.2) is 0 Å². The Morgan fingerprint density at radius 1 is 0.431 bits per heavy atom. The van der Waals surface area contributed by atoms with Crippen LogP contribution >= 0.6 is 0 Å². The van der Waals surface area contributed by atoms with Crippen LogP contribution in [0, 0.1) is 0 Å². The topological polar surface area (TPSA) is 21.3 Å². The lowest BCUT2D eigenvalue weighted by atomic mass is 9.82.